The van der Waals surface area contributed by atoms with Gasteiger partial charge in [-0.05, 0) is 38.1 Å². The minimum absolute atomic E-state index is 0.0680. The average molecular weight is 254 g/mol. The summed E-state index contributed by atoms with van der Waals surface area (Å²) >= 11 is 1.74. The van der Waals surface area contributed by atoms with Gasteiger partial charge in [-0.15, -0.1) is 11.3 Å². The van der Waals surface area contributed by atoms with Crippen LogP contribution < -0.4 is 5.32 Å². The van der Waals surface area contributed by atoms with Crippen molar-refractivity contribution in [2.75, 3.05) is 6.54 Å². The Bertz CT molecular complexity index is 340. The van der Waals surface area contributed by atoms with Crippen molar-refractivity contribution in [2.24, 2.45) is 5.92 Å². The molecule has 3 nitrogen and oxygen atoms in total. The number of aliphatic hydroxyl groups is 1. The van der Waals surface area contributed by atoms with E-state index in [0.29, 0.717) is 5.92 Å². The highest BCUT2D eigenvalue weighted by molar-refractivity contribution is 7.09. The minimum Gasteiger partial charge on any atom is -0.393 e. The number of aliphatic hydroxyl groups excluding tert-OH is 1. The van der Waals surface area contributed by atoms with Gasteiger partial charge in [-0.2, -0.15) is 0 Å². The first kappa shape index (κ1) is 13.0. The van der Waals surface area contributed by atoms with E-state index < -0.39 is 0 Å². The van der Waals surface area contributed by atoms with Crippen molar-refractivity contribution in [3.05, 3.63) is 16.1 Å². The smallest absolute Gasteiger partial charge is 0.0926 e. The van der Waals surface area contributed by atoms with Crippen LogP contribution >= 0.6 is 11.3 Å². The molecule has 0 bridgehead atoms. The molecule has 1 aliphatic rings. The highest BCUT2D eigenvalue weighted by Gasteiger charge is 2.19. The fraction of sp³-hybridized carbons (Fsp3) is 0.769. The SMILES string of the molecule is CCc1nc(CNCC2CCCC(O)C2)cs1. The predicted molar refractivity (Wildman–Crippen MR) is 71.2 cm³/mol. The molecule has 0 amide bonds. The fourth-order valence-corrected chi connectivity index (χ4v) is 3.19. The molecular formula is C13H22N2OS. The van der Waals surface area contributed by atoms with Crippen molar-refractivity contribution in [3.8, 4) is 0 Å². The van der Waals surface area contributed by atoms with Crippen LogP contribution in [-0.4, -0.2) is 22.7 Å². The van der Waals surface area contributed by atoms with Gasteiger partial charge in [0, 0.05) is 11.9 Å². The van der Waals surface area contributed by atoms with Crippen LogP contribution in [0.3, 0.4) is 0 Å². The molecule has 1 aliphatic carbocycles. The van der Waals surface area contributed by atoms with E-state index >= 15 is 0 Å². The molecule has 0 aromatic carbocycles. The summed E-state index contributed by atoms with van der Waals surface area (Å²) in [5.74, 6) is 0.642. The quantitative estimate of drug-likeness (QED) is 0.848. The molecule has 1 fully saturated rings. The van der Waals surface area contributed by atoms with Crippen molar-refractivity contribution in [2.45, 2.75) is 51.7 Å². The summed E-state index contributed by atoms with van der Waals surface area (Å²) in [7, 11) is 0. The lowest BCUT2D eigenvalue weighted by Gasteiger charge is -2.25. The molecule has 96 valence electrons. The molecular weight excluding hydrogens is 232 g/mol. The van der Waals surface area contributed by atoms with Gasteiger partial charge < -0.3 is 10.4 Å². The molecule has 0 spiro atoms. The van der Waals surface area contributed by atoms with Crippen LogP contribution in [0.25, 0.3) is 0 Å². The third kappa shape index (κ3) is 4.05. The van der Waals surface area contributed by atoms with Gasteiger partial charge in [0.2, 0.25) is 0 Å². The van der Waals surface area contributed by atoms with Gasteiger partial charge in [-0.1, -0.05) is 13.3 Å². The van der Waals surface area contributed by atoms with Gasteiger partial charge in [0.1, 0.15) is 0 Å². The number of nitrogens with zero attached hydrogens (tertiary/aromatic N) is 1. The zero-order valence-electron chi connectivity index (χ0n) is 10.5. The zero-order chi connectivity index (χ0) is 12.1. The van der Waals surface area contributed by atoms with E-state index in [0.717, 1.165) is 38.0 Å². The first-order chi connectivity index (χ1) is 8.28. The molecule has 0 aliphatic heterocycles. The molecule has 4 heteroatoms. The fourth-order valence-electron chi connectivity index (χ4n) is 2.44. The number of aromatic nitrogens is 1. The Kier molecular flexibility index (Phi) is 4.95. The second-order valence-electron chi connectivity index (χ2n) is 4.90. The van der Waals surface area contributed by atoms with Crippen LogP contribution in [0.1, 0.15) is 43.3 Å². The van der Waals surface area contributed by atoms with Gasteiger partial charge in [0.05, 0.1) is 16.8 Å². The summed E-state index contributed by atoms with van der Waals surface area (Å²) in [6.45, 7) is 4.01. The lowest BCUT2D eigenvalue weighted by Crippen LogP contribution is -2.28. The summed E-state index contributed by atoms with van der Waals surface area (Å²) in [4.78, 5) is 4.53. The maximum absolute atomic E-state index is 9.59. The van der Waals surface area contributed by atoms with Gasteiger partial charge in [0.15, 0.2) is 0 Å². The molecule has 1 saturated carbocycles. The molecule has 1 heterocycles. The molecule has 2 N–H and O–H groups in total. The second-order valence-corrected chi connectivity index (χ2v) is 5.85. The van der Waals surface area contributed by atoms with E-state index in [9.17, 15) is 5.11 Å². The normalized spacial score (nSPS) is 25.1. The third-order valence-corrected chi connectivity index (χ3v) is 4.44. The van der Waals surface area contributed by atoms with Crippen LogP contribution in [0.15, 0.2) is 5.38 Å². The van der Waals surface area contributed by atoms with Crippen LogP contribution in [-0.2, 0) is 13.0 Å². The number of aryl methyl sites for hydroxylation is 1. The first-order valence-electron chi connectivity index (χ1n) is 6.60. The lowest BCUT2D eigenvalue weighted by atomic mass is 9.87. The monoisotopic (exact) mass is 254 g/mol. The van der Waals surface area contributed by atoms with Gasteiger partial charge in [-0.25, -0.2) is 4.98 Å². The highest BCUT2D eigenvalue weighted by Crippen LogP contribution is 2.23. The molecule has 1 aromatic heterocycles. The summed E-state index contributed by atoms with van der Waals surface area (Å²) < 4.78 is 0. The summed E-state index contributed by atoms with van der Waals surface area (Å²) in [5, 5.41) is 16.4. The minimum atomic E-state index is -0.0680. The molecule has 2 atom stereocenters. The Morgan fingerprint density at radius 3 is 3.12 bits per heavy atom. The van der Waals surface area contributed by atoms with Crippen molar-refractivity contribution >= 4 is 11.3 Å². The third-order valence-electron chi connectivity index (χ3n) is 3.40. The highest BCUT2D eigenvalue weighted by atomic mass is 32.1. The largest absolute Gasteiger partial charge is 0.393 e. The number of thiazole rings is 1. The molecule has 2 unspecified atom stereocenters. The molecule has 17 heavy (non-hydrogen) atoms. The number of nitrogens with one attached hydrogen (secondary N) is 1. The maximum atomic E-state index is 9.59. The number of rotatable bonds is 5. The van der Waals surface area contributed by atoms with E-state index in [-0.39, 0.29) is 6.10 Å². The summed E-state index contributed by atoms with van der Waals surface area (Å²) in [6, 6.07) is 0. The Morgan fingerprint density at radius 1 is 1.53 bits per heavy atom. The number of hydrogen-bond donors (Lipinski definition) is 2. The van der Waals surface area contributed by atoms with Gasteiger partial charge >= 0.3 is 0 Å². The van der Waals surface area contributed by atoms with E-state index in [2.05, 4.69) is 22.6 Å². The maximum Gasteiger partial charge on any atom is 0.0926 e. The summed E-state index contributed by atoms with van der Waals surface area (Å²) in [5.41, 5.74) is 1.16. The van der Waals surface area contributed by atoms with E-state index in [4.69, 9.17) is 0 Å². The molecule has 1 aromatic rings. The van der Waals surface area contributed by atoms with Crippen LogP contribution in [0.4, 0.5) is 0 Å². The zero-order valence-corrected chi connectivity index (χ0v) is 11.3. The Hall–Kier alpha value is -0.450. The van der Waals surface area contributed by atoms with Gasteiger partial charge in [-0.3, -0.25) is 0 Å². The van der Waals surface area contributed by atoms with E-state index in [1.807, 2.05) is 0 Å². The molecule has 0 saturated heterocycles. The first-order valence-corrected chi connectivity index (χ1v) is 7.48. The van der Waals surface area contributed by atoms with E-state index in [1.165, 1.54) is 17.8 Å². The predicted octanol–water partition coefficient (Wildman–Crippen LogP) is 2.35. The van der Waals surface area contributed by atoms with Crippen molar-refractivity contribution < 1.29 is 5.11 Å². The standard InChI is InChI=1S/C13H22N2OS/c1-2-13-15-11(9-17-13)8-14-7-10-4-3-5-12(16)6-10/h9-10,12,14,16H,2-8H2,1H3. The van der Waals surface area contributed by atoms with Gasteiger partial charge in [0.25, 0.3) is 0 Å². The van der Waals surface area contributed by atoms with Crippen LogP contribution in [0.2, 0.25) is 0 Å². The Morgan fingerprint density at radius 2 is 2.41 bits per heavy atom. The summed E-state index contributed by atoms with van der Waals surface area (Å²) in [6.07, 6.45) is 5.33. The average Bonchev–Trinajstić information content (AvgIpc) is 2.77. The molecule has 0 radical (unpaired) electrons. The lowest BCUT2D eigenvalue weighted by molar-refractivity contribution is 0.101. The van der Waals surface area contributed by atoms with Crippen LogP contribution in [0.5, 0.6) is 0 Å². The second kappa shape index (κ2) is 6.47. The molecule has 2 rings (SSSR count). The van der Waals surface area contributed by atoms with Crippen molar-refractivity contribution in [1.82, 2.24) is 10.3 Å². The van der Waals surface area contributed by atoms with Crippen LogP contribution in [0, 0.1) is 5.92 Å². The van der Waals surface area contributed by atoms with E-state index in [1.54, 1.807) is 11.3 Å². The van der Waals surface area contributed by atoms with Crippen molar-refractivity contribution in [1.29, 1.82) is 0 Å². The Balaban J connectivity index is 1.68. The topological polar surface area (TPSA) is 45.2 Å². The number of hydrogen-bond acceptors (Lipinski definition) is 4. The Labute approximate surface area is 107 Å². The van der Waals surface area contributed by atoms with Crippen molar-refractivity contribution in [3.63, 3.8) is 0 Å².